The summed E-state index contributed by atoms with van der Waals surface area (Å²) in [6, 6.07) is 11.2. The number of rotatable bonds is 4. The summed E-state index contributed by atoms with van der Waals surface area (Å²) >= 11 is 0. The Morgan fingerprint density at radius 3 is 2.62 bits per heavy atom. The summed E-state index contributed by atoms with van der Waals surface area (Å²) in [5.41, 5.74) is -0.998. The van der Waals surface area contributed by atoms with Crippen molar-refractivity contribution in [1.82, 2.24) is 5.32 Å². The molecule has 4 heteroatoms. The van der Waals surface area contributed by atoms with Gasteiger partial charge in [0, 0.05) is 6.92 Å². The van der Waals surface area contributed by atoms with E-state index in [9.17, 15) is 4.79 Å². The second-order valence-corrected chi connectivity index (χ2v) is 3.73. The van der Waals surface area contributed by atoms with Crippen LogP contribution >= 0.6 is 0 Å². The average molecular weight is 218 g/mol. The van der Waals surface area contributed by atoms with Gasteiger partial charge < -0.3 is 10.1 Å². The normalized spacial score (nSPS) is 13.3. The van der Waals surface area contributed by atoms with Gasteiger partial charge in [0.05, 0.1) is 6.07 Å². The lowest BCUT2D eigenvalue weighted by Crippen LogP contribution is -2.48. The number of carbonyl (C=O) groups excluding carboxylic acids is 1. The summed E-state index contributed by atoms with van der Waals surface area (Å²) in [5.74, 6) is 0.426. The molecule has 0 saturated carbocycles. The topological polar surface area (TPSA) is 62.1 Å². The van der Waals surface area contributed by atoms with Gasteiger partial charge in [0.1, 0.15) is 12.4 Å². The van der Waals surface area contributed by atoms with Gasteiger partial charge in [-0.15, -0.1) is 0 Å². The van der Waals surface area contributed by atoms with Crippen molar-refractivity contribution in [3.8, 4) is 11.8 Å². The fourth-order valence-electron chi connectivity index (χ4n) is 1.23. The third-order valence-corrected chi connectivity index (χ3v) is 1.97. The summed E-state index contributed by atoms with van der Waals surface area (Å²) in [4.78, 5) is 10.9. The number of carbonyl (C=O) groups is 1. The van der Waals surface area contributed by atoms with Gasteiger partial charge in [0.15, 0.2) is 5.54 Å². The Morgan fingerprint density at radius 1 is 1.50 bits per heavy atom. The molecule has 0 bridgehead atoms. The molecule has 1 aromatic carbocycles. The van der Waals surface area contributed by atoms with Crippen molar-refractivity contribution in [3.63, 3.8) is 0 Å². The highest BCUT2D eigenvalue weighted by atomic mass is 16.5. The van der Waals surface area contributed by atoms with Crippen molar-refractivity contribution < 1.29 is 9.53 Å². The molecule has 0 saturated heterocycles. The van der Waals surface area contributed by atoms with Crippen molar-refractivity contribution in [2.75, 3.05) is 6.61 Å². The van der Waals surface area contributed by atoms with Gasteiger partial charge in [-0.25, -0.2) is 0 Å². The molecule has 0 aromatic heterocycles. The summed E-state index contributed by atoms with van der Waals surface area (Å²) in [5, 5.41) is 11.5. The highest BCUT2D eigenvalue weighted by Gasteiger charge is 2.25. The van der Waals surface area contributed by atoms with Crippen molar-refractivity contribution in [3.05, 3.63) is 30.3 Å². The molecule has 0 aliphatic heterocycles. The highest BCUT2D eigenvalue weighted by molar-refractivity contribution is 5.74. The predicted octanol–water partition coefficient (Wildman–Crippen LogP) is 1.48. The molecule has 1 atom stereocenters. The van der Waals surface area contributed by atoms with Crippen LogP contribution in [0.3, 0.4) is 0 Å². The summed E-state index contributed by atoms with van der Waals surface area (Å²) in [7, 11) is 0. The van der Waals surface area contributed by atoms with E-state index < -0.39 is 5.54 Å². The monoisotopic (exact) mass is 218 g/mol. The Labute approximate surface area is 94.8 Å². The largest absolute Gasteiger partial charge is 0.490 e. The fraction of sp³-hybridized carbons (Fsp3) is 0.333. The van der Waals surface area contributed by atoms with E-state index in [4.69, 9.17) is 10.00 Å². The van der Waals surface area contributed by atoms with E-state index in [0.717, 1.165) is 0 Å². The Hall–Kier alpha value is -2.02. The number of para-hydroxylation sites is 1. The first kappa shape index (κ1) is 12.1. The van der Waals surface area contributed by atoms with Crippen LogP contribution in [-0.4, -0.2) is 18.1 Å². The summed E-state index contributed by atoms with van der Waals surface area (Å²) in [6.07, 6.45) is 0. The molecule has 0 spiro atoms. The number of hydrogen-bond acceptors (Lipinski definition) is 3. The molecule has 4 nitrogen and oxygen atoms in total. The molecule has 1 N–H and O–H groups in total. The molecule has 0 aliphatic carbocycles. The number of nitrogens with zero attached hydrogens (tertiary/aromatic N) is 1. The molecule has 1 rings (SSSR count). The van der Waals surface area contributed by atoms with E-state index in [1.807, 2.05) is 24.3 Å². The smallest absolute Gasteiger partial charge is 0.218 e. The minimum Gasteiger partial charge on any atom is -0.490 e. The van der Waals surface area contributed by atoms with Crippen LogP contribution in [-0.2, 0) is 4.79 Å². The third-order valence-electron chi connectivity index (χ3n) is 1.97. The molecule has 0 heterocycles. The van der Waals surface area contributed by atoms with E-state index in [1.165, 1.54) is 6.92 Å². The zero-order valence-electron chi connectivity index (χ0n) is 9.36. The Kier molecular flexibility index (Phi) is 3.90. The van der Waals surface area contributed by atoms with Gasteiger partial charge >= 0.3 is 0 Å². The molecule has 0 fully saturated rings. The molecule has 1 aromatic rings. The second kappa shape index (κ2) is 5.17. The van der Waals surface area contributed by atoms with Gasteiger partial charge in [0.25, 0.3) is 0 Å². The molecular weight excluding hydrogens is 204 g/mol. The molecule has 1 amide bonds. The lowest BCUT2D eigenvalue weighted by Gasteiger charge is -2.22. The molecular formula is C12H14N2O2. The lowest BCUT2D eigenvalue weighted by molar-refractivity contribution is -0.120. The van der Waals surface area contributed by atoms with Crippen LogP contribution in [0.1, 0.15) is 13.8 Å². The first-order chi connectivity index (χ1) is 7.56. The van der Waals surface area contributed by atoms with Crippen LogP contribution in [0.15, 0.2) is 30.3 Å². The van der Waals surface area contributed by atoms with Crippen LogP contribution in [0.4, 0.5) is 0 Å². The Bertz CT molecular complexity index is 397. The molecule has 0 aliphatic rings. The van der Waals surface area contributed by atoms with Crippen molar-refractivity contribution in [2.45, 2.75) is 19.4 Å². The maximum absolute atomic E-state index is 10.9. The number of nitrogens with one attached hydrogen (secondary N) is 1. The van der Waals surface area contributed by atoms with E-state index in [0.29, 0.717) is 5.75 Å². The molecule has 1 unspecified atom stereocenters. The number of hydrogen-bond donors (Lipinski definition) is 1. The summed E-state index contributed by atoms with van der Waals surface area (Å²) in [6.45, 7) is 3.11. The quantitative estimate of drug-likeness (QED) is 0.832. The minimum absolute atomic E-state index is 0.118. The fourth-order valence-corrected chi connectivity index (χ4v) is 1.23. The number of ether oxygens (including phenoxy) is 1. The van der Waals surface area contributed by atoms with Gasteiger partial charge in [-0.3, -0.25) is 4.79 Å². The van der Waals surface area contributed by atoms with Gasteiger partial charge in [-0.2, -0.15) is 5.26 Å². The average Bonchev–Trinajstić information content (AvgIpc) is 2.27. The SMILES string of the molecule is CC(=O)NC(C)(C#N)COc1ccccc1. The second-order valence-electron chi connectivity index (χ2n) is 3.73. The van der Waals surface area contributed by atoms with Crippen molar-refractivity contribution in [1.29, 1.82) is 5.26 Å². The zero-order valence-corrected chi connectivity index (χ0v) is 9.36. The summed E-state index contributed by atoms with van der Waals surface area (Å²) < 4.78 is 5.43. The molecule has 16 heavy (non-hydrogen) atoms. The number of amides is 1. The number of nitriles is 1. The van der Waals surface area contributed by atoms with E-state index in [-0.39, 0.29) is 12.5 Å². The third kappa shape index (κ3) is 3.62. The minimum atomic E-state index is -0.998. The lowest BCUT2D eigenvalue weighted by atomic mass is 10.1. The zero-order chi connectivity index (χ0) is 12.0. The van der Waals surface area contributed by atoms with Crippen LogP contribution in [0, 0.1) is 11.3 Å². The predicted molar refractivity (Wildman–Crippen MR) is 59.8 cm³/mol. The van der Waals surface area contributed by atoms with Crippen LogP contribution in [0.2, 0.25) is 0 Å². The van der Waals surface area contributed by atoms with Crippen molar-refractivity contribution in [2.24, 2.45) is 0 Å². The van der Waals surface area contributed by atoms with E-state index in [2.05, 4.69) is 5.32 Å². The van der Waals surface area contributed by atoms with Gasteiger partial charge in [-0.05, 0) is 19.1 Å². The van der Waals surface area contributed by atoms with E-state index in [1.54, 1.807) is 19.1 Å². The first-order valence-electron chi connectivity index (χ1n) is 4.93. The Balaban J connectivity index is 2.59. The van der Waals surface area contributed by atoms with Crippen molar-refractivity contribution >= 4 is 5.91 Å². The van der Waals surface area contributed by atoms with Gasteiger partial charge in [0.2, 0.25) is 5.91 Å². The Morgan fingerprint density at radius 2 is 2.12 bits per heavy atom. The van der Waals surface area contributed by atoms with E-state index >= 15 is 0 Å². The highest BCUT2D eigenvalue weighted by Crippen LogP contribution is 2.11. The first-order valence-corrected chi connectivity index (χ1v) is 4.93. The van der Waals surface area contributed by atoms with Crippen LogP contribution < -0.4 is 10.1 Å². The maximum Gasteiger partial charge on any atom is 0.218 e. The molecule has 0 radical (unpaired) electrons. The molecule has 84 valence electrons. The van der Waals surface area contributed by atoms with Gasteiger partial charge in [-0.1, -0.05) is 18.2 Å². The maximum atomic E-state index is 10.9. The van der Waals surface area contributed by atoms with Crippen LogP contribution in [0.5, 0.6) is 5.75 Å². The standard InChI is InChI=1S/C12H14N2O2/c1-10(15)14-12(2,8-13)9-16-11-6-4-3-5-7-11/h3-7H,9H2,1-2H3,(H,14,15). The van der Waals surface area contributed by atoms with Crippen LogP contribution in [0.25, 0.3) is 0 Å². The number of benzene rings is 1.